The Bertz CT molecular complexity index is 962. The van der Waals surface area contributed by atoms with Crippen molar-refractivity contribution in [3.8, 4) is 0 Å². The van der Waals surface area contributed by atoms with Crippen molar-refractivity contribution in [1.82, 2.24) is 4.90 Å². The van der Waals surface area contributed by atoms with Crippen LogP contribution >= 0.6 is 23.4 Å². The molecule has 1 N–H and O–H groups in total. The third-order valence-electron chi connectivity index (χ3n) is 4.94. The fourth-order valence-electron chi connectivity index (χ4n) is 3.55. The normalized spacial score (nSPS) is 18.5. The number of anilines is 2. The number of carbonyl (C=O) groups excluding carboxylic acids is 3. The molecule has 0 radical (unpaired) electrons. The van der Waals surface area contributed by atoms with Gasteiger partial charge in [0.25, 0.3) is 5.91 Å². The lowest BCUT2D eigenvalue weighted by Crippen LogP contribution is -2.51. The SMILES string of the molecule is O=C(CN1C(=O)[C@@H](C(=O)N2CCCC2)Sc2ccccc21)Nc1cccc(Cl)c1. The van der Waals surface area contributed by atoms with E-state index in [2.05, 4.69) is 5.32 Å². The highest BCUT2D eigenvalue weighted by molar-refractivity contribution is 8.01. The number of amides is 3. The second kappa shape index (κ2) is 8.47. The molecule has 150 valence electrons. The van der Waals surface area contributed by atoms with E-state index in [4.69, 9.17) is 11.6 Å². The van der Waals surface area contributed by atoms with Gasteiger partial charge < -0.3 is 15.1 Å². The van der Waals surface area contributed by atoms with E-state index in [1.54, 1.807) is 35.2 Å². The molecule has 0 unspecified atom stereocenters. The molecule has 6 nitrogen and oxygen atoms in total. The lowest BCUT2D eigenvalue weighted by molar-refractivity contribution is -0.134. The molecule has 1 fully saturated rings. The number of fused-ring (bicyclic) bond motifs is 1. The van der Waals surface area contributed by atoms with Gasteiger partial charge in [-0.2, -0.15) is 0 Å². The van der Waals surface area contributed by atoms with Crippen molar-refractivity contribution in [3.63, 3.8) is 0 Å². The number of nitrogens with zero attached hydrogens (tertiary/aromatic N) is 2. The summed E-state index contributed by atoms with van der Waals surface area (Å²) >= 11 is 7.23. The van der Waals surface area contributed by atoms with Crippen LogP contribution in [0.3, 0.4) is 0 Å². The van der Waals surface area contributed by atoms with Crippen LogP contribution in [0.4, 0.5) is 11.4 Å². The van der Waals surface area contributed by atoms with E-state index in [0.717, 1.165) is 17.7 Å². The van der Waals surface area contributed by atoms with Gasteiger partial charge in [0.2, 0.25) is 11.8 Å². The Labute approximate surface area is 178 Å². The van der Waals surface area contributed by atoms with Gasteiger partial charge in [0.15, 0.2) is 5.25 Å². The summed E-state index contributed by atoms with van der Waals surface area (Å²) in [7, 11) is 0. The smallest absolute Gasteiger partial charge is 0.250 e. The first-order valence-corrected chi connectivity index (χ1v) is 10.7. The molecule has 2 heterocycles. The van der Waals surface area contributed by atoms with E-state index in [-0.39, 0.29) is 24.3 Å². The van der Waals surface area contributed by atoms with Gasteiger partial charge in [-0.15, -0.1) is 11.8 Å². The standard InChI is InChI=1S/C21H20ClN3O3S/c22-14-6-5-7-15(12-14)23-18(26)13-25-16-8-1-2-9-17(16)29-19(21(25)28)20(27)24-10-3-4-11-24/h1-2,5-9,12,19H,3-4,10-11,13H2,(H,23,26)/t19-/m1/s1. The summed E-state index contributed by atoms with van der Waals surface area (Å²) in [5.74, 6) is -0.881. The summed E-state index contributed by atoms with van der Waals surface area (Å²) in [6.07, 6.45) is 1.92. The molecule has 2 aliphatic heterocycles. The predicted molar refractivity (Wildman–Crippen MR) is 114 cm³/mol. The van der Waals surface area contributed by atoms with Crippen molar-refractivity contribution in [2.24, 2.45) is 0 Å². The number of benzene rings is 2. The van der Waals surface area contributed by atoms with Crippen LogP contribution in [0.5, 0.6) is 0 Å². The Kier molecular flexibility index (Phi) is 5.78. The molecule has 2 aromatic carbocycles. The first kappa shape index (κ1) is 19.8. The van der Waals surface area contributed by atoms with Crippen LogP contribution in [0.2, 0.25) is 5.02 Å². The van der Waals surface area contributed by atoms with Crippen LogP contribution in [0.1, 0.15) is 12.8 Å². The van der Waals surface area contributed by atoms with E-state index >= 15 is 0 Å². The maximum Gasteiger partial charge on any atom is 0.250 e. The fourth-order valence-corrected chi connectivity index (χ4v) is 4.93. The Balaban J connectivity index is 1.56. The quantitative estimate of drug-likeness (QED) is 0.756. The molecular weight excluding hydrogens is 410 g/mol. The molecule has 0 aliphatic carbocycles. The lowest BCUT2D eigenvalue weighted by Gasteiger charge is -2.34. The van der Waals surface area contributed by atoms with Crippen molar-refractivity contribution < 1.29 is 14.4 Å². The monoisotopic (exact) mass is 429 g/mol. The summed E-state index contributed by atoms with van der Waals surface area (Å²) in [6.45, 7) is 1.19. The van der Waals surface area contributed by atoms with Crippen LogP contribution in [0, 0.1) is 0 Å². The molecule has 0 spiro atoms. The van der Waals surface area contributed by atoms with Crippen molar-refractivity contribution in [1.29, 1.82) is 0 Å². The average Bonchev–Trinajstić information content (AvgIpc) is 3.24. The number of halogens is 1. The Morgan fingerprint density at radius 1 is 1.10 bits per heavy atom. The zero-order valence-corrected chi connectivity index (χ0v) is 17.2. The Morgan fingerprint density at radius 3 is 2.62 bits per heavy atom. The molecule has 1 atom stereocenters. The molecule has 29 heavy (non-hydrogen) atoms. The first-order valence-electron chi connectivity index (χ1n) is 9.44. The highest BCUT2D eigenvalue weighted by Gasteiger charge is 2.41. The largest absolute Gasteiger partial charge is 0.341 e. The number of likely N-dealkylation sites (tertiary alicyclic amines) is 1. The van der Waals surface area contributed by atoms with Gasteiger partial charge in [0.1, 0.15) is 6.54 Å². The van der Waals surface area contributed by atoms with Gasteiger partial charge in [0.05, 0.1) is 5.69 Å². The van der Waals surface area contributed by atoms with Crippen LogP contribution in [-0.2, 0) is 14.4 Å². The molecule has 0 saturated carbocycles. The van der Waals surface area contributed by atoms with E-state index in [9.17, 15) is 14.4 Å². The molecule has 0 bridgehead atoms. The number of nitrogens with one attached hydrogen (secondary N) is 1. The van der Waals surface area contributed by atoms with Crippen LogP contribution < -0.4 is 10.2 Å². The summed E-state index contributed by atoms with van der Waals surface area (Å²) in [5.41, 5.74) is 1.20. The lowest BCUT2D eigenvalue weighted by atomic mass is 10.2. The molecule has 4 rings (SSSR count). The Morgan fingerprint density at radius 2 is 1.86 bits per heavy atom. The van der Waals surface area contributed by atoms with Crippen LogP contribution in [0.25, 0.3) is 0 Å². The Hall–Kier alpha value is -2.51. The number of hydrogen-bond acceptors (Lipinski definition) is 4. The number of rotatable bonds is 4. The van der Waals surface area contributed by atoms with Gasteiger partial charge in [-0.25, -0.2) is 0 Å². The highest BCUT2D eigenvalue weighted by atomic mass is 35.5. The molecule has 8 heteroatoms. The van der Waals surface area contributed by atoms with Crippen molar-refractivity contribution in [3.05, 3.63) is 53.6 Å². The van der Waals surface area contributed by atoms with Crippen molar-refractivity contribution in [2.45, 2.75) is 23.0 Å². The van der Waals surface area contributed by atoms with Crippen LogP contribution in [-0.4, -0.2) is 47.5 Å². The molecule has 0 aromatic heterocycles. The topological polar surface area (TPSA) is 69.7 Å². The van der Waals surface area contributed by atoms with Gasteiger partial charge in [0, 0.05) is 28.7 Å². The summed E-state index contributed by atoms with van der Waals surface area (Å²) in [6, 6.07) is 14.2. The predicted octanol–water partition coefficient (Wildman–Crippen LogP) is 3.41. The fraction of sp³-hybridized carbons (Fsp3) is 0.286. The molecule has 3 amide bonds. The highest BCUT2D eigenvalue weighted by Crippen LogP contribution is 2.40. The second-order valence-electron chi connectivity index (χ2n) is 6.98. The maximum atomic E-state index is 13.2. The number of carbonyl (C=O) groups is 3. The summed E-state index contributed by atoms with van der Waals surface area (Å²) in [4.78, 5) is 42.7. The third kappa shape index (κ3) is 4.26. The van der Waals surface area contributed by atoms with Gasteiger partial charge in [-0.05, 0) is 43.2 Å². The number of para-hydroxylation sites is 1. The van der Waals surface area contributed by atoms with Crippen molar-refractivity contribution >= 4 is 52.5 Å². The molecule has 2 aromatic rings. The molecule has 1 saturated heterocycles. The van der Waals surface area contributed by atoms with Crippen LogP contribution in [0.15, 0.2) is 53.4 Å². The third-order valence-corrected chi connectivity index (χ3v) is 6.42. The minimum absolute atomic E-state index is 0.174. The summed E-state index contributed by atoms with van der Waals surface area (Å²) < 4.78 is 0. The molecule has 2 aliphatic rings. The average molecular weight is 430 g/mol. The van der Waals surface area contributed by atoms with Gasteiger partial charge in [-0.1, -0.05) is 29.8 Å². The minimum atomic E-state index is -0.859. The number of hydrogen-bond donors (Lipinski definition) is 1. The number of thioether (sulfide) groups is 1. The van der Waals surface area contributed by atoms with Crippen molar-refractivity contribution in [2.75, 3.05) is 29.9 Å². The van der Waals surface area contributed by atoms with Gasteiger partial charge >= 0.3 is 0 Å². The first-order chi connectivity index (χ1) is 14.0. The molecular formula is C21H20ClN3O3S. The zero-order valence-electron chi connectivity index (χ0n) is 15.6. The van der Waals surface area contributed by atoms with E-state index in [1.165, 1.54) is 16.7 Å². The zero-order chi connectivity index (χ0) is 20.4. The van der Waals surface area contributed by atoms with E-state index in [1.807, 2.05) is 18.2 Å². The summed E-state index contributed by atoms with van der Waals surface area (Å²) in [5, 5.41) is 2.41. The maximum absolute atomic E-state index is 13.2. The van der Waals surface area contributed by atoms with E-state index < -0.39 is 5.25 Å². The van der Waals surface area contributed by atoms with Gasteiger partial charge in [-0.3, -0.25) is 14.4 Å². The minimum Gasteiger partial charge on any atom is -0.341 e. The van der Waals surface area contributed by atoms with E-state index in [0.29, 0.717) is 29.5 Å². The second-order valence-corrected chi connectivity index (χ2v) is 8.56.